The molecule has 0 radical (unpaired) electrons. The number of nitriles is 1. The summed E-state index contributed by atoms with van der Waals surface area (Å²) >= 11 is 0. The van der Waals surface area contributed by atoms with Crippen molar-refractivity contribution < 1.29 is 19.1 Å². The van der Waals surface area contributed by atoms with Crippen LogP contribution in [-0.2, 0) is 20.7 Å². The quantitative estimate of drug-likeness (QED) is 0.781. The van der Waals surface area contributed by atoms with Crippen LogP contribution in [0.5, 0.6) is 5.75 Å². The van der Waals surface area contributed by atoms with Gasteiger partial charge in [0.1, 0.15) is 11.8 Å². The van der Waals surface area contributed by atoms with Crippen molar-refractivity contribution in [2.75, 3.05) is 6.61 Å². The van der Waals surface area contributed by atoms with Crippen molar-refractivity contribution in [2.24, 2.45) is 0 Å². The van der Waals surface area contributed by atoms with Crippen LogP contribution in [0.15, 0.2) is 48.5 Å². The van der Waals surface area contributed by atoms with E-state index in [2.05, 4.69) is 11.4 Å². The van der Waals surface area contributed by atoms with Crippen molar-refractivity contribution in [3.8, 4) is 11.8 Å². The van der Waals surface area contributed by atoms with Gasteiger partial charge in [-0.3, -0.25) is 4.79 Å². The molecule has 0 spiro atoms. The summed E-state index contributed by atoms with van der Waals surface area (Å²) in [7, 11) is 0. The first-order chi connectivity index (χ1) is 13.6. The van der Waals surface area contributed by atoms with E-state index >= 15 is 0 Å². The fraction of sp³-hybridized carbons (Fsp3) is 0.318. The van der Waals surface area contributed by atoms with E-state index in [9.17, 15) is 9.59 Å². The first-order valence-corrected chi connectivity index (χ1v) is 9.28. The molecule has 6 nitrogen and oxygen atoms in total. The van der Waals surface area contributed by atoms with Crippen molar-refractivity contribution in [2.45, 2.75) is 38.3 Å². The van der Waals surface area contributed by atoms with E-state index in [1.807, 2.05) is 24.3 Å². The molecule has 2 aromatic carbocycles. The molecule has 0 aliphatic heterocycles. The molecule has 0 aromatic heterocycles. The van der Waals surface area contributed by atoms with Gasteiger partial charge in [-0.05, 0) is 49.4 Å². The zero-order chi connectivity index (χ0) is 19.9. The molecule has 0 saturated heterocycles. The maximum atomic E-state index is 12.5. The van der Waals surface area contributed by atoms with Gasteiger partial charge < -0.3 is 14.8 Å². The highest BCUT2D eigenvalue weighted by molar-refractivity contribution is 5.84. The monoisotopic (exact) mass is 378 g/mol. The maximum Gasteiger partial charge on any atom is 0.344 e. The number of para-hydroxylation sites is 1. The van der Waals surface area contributed by atoms with Gasteiger partial charge in [-0.2, -0.15) is 5.26 Å². The Balaban J connectivity index is 1.52. The number of carbonyl (C=O) groups is 2. The second-order valence-corrected chi connectivity index (χ2v) is 6.68. The summed E-state index contributed by atoms with van der Waals surface area (Å²) in [4.78, 5) is 24.5. The largest absolute Gasteiger partial charge is 0.481 e. The summed E-state index contributed by atoms with van der Waals surface area (Å²) in [6, 6.07) is 16.6. The Labute approximate surface area is 164 Å². The Bertz CT molecular complexity index is 903. The SMILES string of the molecule is C[C@@H](OC(=O)COc1ccccc1C#N)C(=O)N[C@@H]1CCCc2ccccc21. The lowest BCUT2D eigenvalue weighted by atomic mass is 9.87. The molecule has 144 valence electrons. The van der Waals surface area contributed by atoms with Gasteiger partial charge in [0.05, 0.1) is 11.6 Å². The fourth-order valence-electron chi connectivity index (χ4n) is 3.30. The smallest absolute Gasteiger partial charge is 0.344 e. The molecule has 1 aliphatic carbocycles. The summed E-state index contributed by atoms with van der Waals surface area (Å²) in [6.45, 7) is 1.16. The van der Waals surface area contributed by atoms with Gasteiger partial charge in [-0.25, -0.2) is 4.79 Å². The number of carbonyl (C=O) groups excluding carboxylic acids is 2. The Morgan fingerprint density at radius 2 is 1.96 bits per heavy atom. The average molecular weight is 378 g/mol. The van der Waals surface area contributed by atoms with Crippen LogP contribution in [0.1, 0.15) is 42.5 Å². The Morgan fingerprint density at radius 3 is 2.79 bits per heavy atom. The zero-order valence-electron chi connectivity index (χ0n) is 15.7. The van der Waals surface area contributed by atoms with Crippen LogP contribution in [-0.4, -0.2) is 24.6 Å². The second-order valence-electron chi connectivity index (χ2n) is 6.68. The molecule has 0 heterocycles. The lowest BCUT2D eigenvalue weighted by molar-refractivity contribution is -0.156. The van der Waals surface area contributed by atoms with E-state index in [0.29, 0.717) is 11.3 Å². The normalized spacial score (nSPS) is 16.2. The molecule has 3 rings (SSSR count). The van der Waals surface area contributed by atoms with Gasteiger partial charge in [0, 0.05) is 0 Å². The van der Waals surface area contributed by atoms with Crippen molar-refractivity contribution in [3.05, 3.63) is 65.2 Å². The minimum absolute atomic E-state index is 0.0719. The number of benzene rings is 2. The molecule has 0 fully saturated rings. The van der Waals surface area contributed by atoms with Gasteiger partial charge in [0.2, 0.25) is 0 Å². The number of amides is 1. The first-order valence-electron chi connectivity index (χ1n) is 9.28. The van der Waals surface area contributed by atoms with Crippen molar-refractivity contribution in [1.82, 2.24) is 5.32 Å². The van der Waals surface area contributed by atoms with Crippen LogP contribution in [0.3, 0.4) is 0 Å². The van der Waals surface area contributed by atoms with E-state index in [-0.39, 0.29) is 18.6 Å². The lowest BCUT2D eigenvalue weighted by Crippen LogP contribution is -2.39. The van der Waals surface area contributed by atoms with Gasteiger partial charge in [0.25, 0.3) is 5.91 Å². The third kappa shape index (κ3) is 4.68. The number of nitrogens with zero attached hydrogens (tertiary/aromatic N) is 1. The molecule has 1 aliphatic rings. The van der Waals surface area contributed by atoms with Crippen LogP contribution in [0.25, 0.3) is 0 Å². The van der Waals surface area contributed by atoms with Crippen molar-refractivity contribution in [3.63, 3.8) is 0 Å². The zero-order valence-corrected chi connectivity index (χ0v) is 15.7. The fourth-order valence-corrected chi connectivity index (χ4v) is 3.30. The topological polar surface area (TPSA) is 88.4 Å². The highest BCUT2D eigenvalue weighted by Gasteiger charge is 2.25. The molecular weight excluding hydrogens is 356 g/mol. The van der Waals surface area contributed by atoms with E-state index in [1.165, 1.54) is 12.5 Å². The summed E-state index contributed by atoms with van der Waals surface area (Å²) in [6.07, 6.45) is 1.94. The molecule has 0 bridgehead atoms. The number of hydrogen-bond acceptors (Lipinski definition) is 5. The molecule has 2 atom stereocenters. The van der Waals surface area contributed by atoms with Crippen LogP contribution < -0.4 is 10.1 Å². The van der Waals surface area contributed by atoms with Crippen LogP contribution in [0.2, 0.25) is 0 Å². The number of hydrogen-bond donors (Lipinski definition) is 1. The second kappa shape index (κ2) is 9.05. The number of aryl methyl sites for hydroxylation is 1. The molecule has 0 unspecified atom stereocenters. The van der Waals surface area contributed by atoms with Crippen molar-refractivity contribution in [1.29, 1.82) is 5.26 Å². The minimum atomic E-state index is -0.934. The summed E-state index contributed by atoms with van der Waals surface area (Å²) in [5.41, 5.74) is 2.70. The Kier molecular flexibility index (Phi) is 6.28. The standard InChI is InChI=1S/C22H22N2O4/c1-15(28-21(25)14-27-20-12-5-3-8-17(20)13-23)22(26)24-19-11-6-9-16-7-2-4-10-18(16)19/h2-5,7-8,10,12,15,19H,6,9,11,14H2,1H3,(H,24,26)/t15-,19-/m1/s1. The van der Waals surface area contributed by atoms with Crippen LogP contribution >= 0.6 is 0 Å². The van der Waals surface area contributed by atoms with Gasteiger partial charge in [-0.15, -0.1) is 0 Å². The molecule has 0 saturated carbocycles. The Hall–Kier alpha value is -3.33. The average Bonchev–Trinajstić information content (AvgIpc) is 2.72. The van der Waals surface area contributed by atoms with Crippen LogP contribution in [0.4, 0.5) is 0 Å². The highest BCUT2D eigenvalue weighted by atomic mass is 16.6. The maximum absolute atomic E-state index is 12.5. The third-order valence-electron chi connectivity index (χ3n) is 4.72. The lowest BCUT2D eigenvalue weighted by Gasteiger charge is -2.27. The number of rotatable bonds is 6. The Morgan fingerprint density at radius 1 is 1.21 bits per heavy atom. The molecule has 1 amide bonds. The minimum Gasteiger partial charge on any atom is -0.481 e. The molecule has 6 heteroatoms. The third-order valence-corrected chi connectivity index (χ3v) is 4.72. The first kappa shape index (κ1) is 19.4. The van der Waals surface area contributed by atoms with E-state index in [1.54, 1.807) is 24.3 Å². The van der Waals surface area contributed by atoms with Gasteiger partial charge >= 0.3 is 5.97 Å². The number of nitrogens with one attached hydrogen (secondary N) is 1. The highest BCUT2D eigenvalue weighted by Crippen LogP contribution is 2.29. The summed E-state index contributed by atoms with van der Waals surface area (Å²) in [5.74, 6) is -0.704. The number of esters is 1. The van der Waals surface area contributed by atoms with Crippen LogP contribution in [0, 0.1) is 11.3 Å². The van der Waals surface area contributed by atoms with E-state index in [4.69, 9.17) is 14.7 Å². The predicted octanol–water partition coefficient (Wildman–Crippen LogP) is 3.06. The van der Waals surface area contributed by atoms with Gasteiger partial charge in [-0.1, -0.05) is 36.4 Å². The summed E-state index contributed by atoms with van der Waals surface area (Å²) < 4.78 is 10.5. The predicted molar refractivity (Wildman–Crippen MR) is 102 cm³/mol. The molecule has 28 heavy (non-hydrogen) atoms. The van der Waals surface area contributed by atoms with E-state index < -0.39 is 12.1 Å². The van der Waals surface area contributed by atoms with Gasteiger partial charge in [0.15, 0.2) is 12.7 Å². The van der Waals surface area contributed by atoms with E-state index in [0.717, 1.165) is 24.8 Å². The number of ether oxygens (including phenoxy) is 2. The molecule has 1 N–H and O–H groups in total. The molecular formula is C22H22N2O4. The van der Waals surface area contributed by atoms with Crippen molar-refractivity contribution >= 4 is 11.9 Å². The molecule has 2 aromatic rings. The summed E-state index contributed by atoms with van der Waals surface area (Å²) in [5, 5.41) is 12.0. The number of fused-ring (bicyclic) bond motifs is 1.